The van der Waals surface area contributed by atoms with Crippen molar-refractivity contribution in [3.63, 3.8) is 0 Å². The molecule has 1 aliphatic heterocycles. The molecule has 138 valence electrons. The van der Waals surface area contributed by atoms with Gasteiger partial charge in [-0.25, -0.2) is 12.8 Å². The number of rotatable bonds is 4. The second kappa shape index (κ2) is 6.72. The topological polar surface area (TPSA) is 57.7 Å². The summed E-state index contributed by atoms with van der Waals surface area (Å²) >= 11 is 0. The fourth-order valence-corrected chi connectivity index (χ4v) is 4.68. The van der Waals surface area contributed by atoms with Crippen LogP contribution in [0, 0.1) is 5.82 Å². The predicted molar refractivity (Wildman–Crippen MR) is 99.1 cm³/mol. The van der Waals surface area contributed by atoms with Crippen LogP contribution in [0.25, 0.3) is 0 Å². The lowest BCUT2D eigenvalue weighted by atomic mass is 10.1. The fraction of sp³-hybridized carbons (Fsp3) is 0.316. The number of nitrogens with zero attached hydrogens (tertiary/aromatic N) is 2. The van der Waals surface area contributed by atoms with E-state index in [1.54, 1.807) is 43.4 Å². The zero-order valence-corrected chi connectivity index (χ0v) is 15.8. The van der Waals surface area contributed by atoms with Crippen molar-refractivity contribution in [3.8, 4) is 0 Å². The number of hydrogen-bond donors (Lipinski definition) is 0. The minimum Gasteiger partial charge on any atom is -0.337 e. The van der Waals surface area contributed by atoms with E-state index in [1.165, 1.54) is 21.5 Å². The number of fused-ring (bicyclic) bond motifs is 1. The first-order valence-corrected chi connectivity index (χ1v) is 10.1. The van der Waals surface area contributed by atoms with E-state index in [1.807, 2.05) is 6.92 Å². The average molecular weight is 376 g/mol. The van der Waals surface area contributed by atoms with Gasteiger partial charge in [-0.05, 0) is 43.2 Å². The second-order valence-corrected chi connectivity index (χ2v) is 8.57. The first-order chi connectivity index (χ1) is 12.2. The number of amides is 1. The van der Waals surface area contributed by atoms with Crippen molar-refractivity contribution < 1.29 is 17.6 Å². The van der Waals surface area contributed by atoms with E-state index in [0.29, 0.717) is 23.2 Å². The molecule has 7 heteroatoms. The number of benzene rings is 2. The van der Waals surface area contributed by atoms with Gasteiger partial charge in [-0.3, -0.25) is 9.10 Å². The molecular formula is C19H21FN2O3S. The highest BCUT2D eigenvalue weighted by Crippen LogP contribution is 2.34. The van der Waals surface area contributed by atoms with Gasteiger partial charge in [-0.15, -0.1) is 0 Å². The number of halogens is 1. The highest BCUT2D eigenvalue weighted by Gasteiger charge is 2.33. The molecule has 1 amide bonds. The summed E-state index contributed by atoms with van der Waals surface area (Å²) in [5.41, 5.74) is 2.35. The molecule has 0 bridgehead atoms. The Morgan fingerprint density at radius 3 is 2.62 bits per heavy atom. The highest BCUT2D eigenvalue weighted by atomic mass is 32.2. The quantitative estimate of drug-likeness (QED) is 0.825. The molecule has 5 nitrogen and oxygen atoms in total. The Bertz CT molecular complexity index is 959. The van der Waals surface area contributed by atoms with Crippen molar-refractivity contribution in [2.75, 3.05) is 17.6 Å². The fourth-order valence-electron chi connectivity index (χ4n) is 3.42. The zero-order valence-electron chi connectivity index (χ0n) is 14.9. The van der Waals surface area contributed by atoms with Crippen molar-refractivity contribution in [2.24, 2.45) is 0 Å². The molecule has 3 rings (SSSR count). The number of hydrogen-bond acceptors (Lipinski definition) is 3. The van der Waals surface area contributed by atoms with Gasteiger partial charge in [-0.2, -0.15) is 0 Å². The van der Waals surface area contributed by atoms with E-state index in [2.05, 4.69) is 0 Å². The molecule has 0 radical (unpaired) electrons. The minimum absolute atomic E-state index is 0.161. The van der Waals surface area contributed by atoms with Gasteiger partial charge in [0.25, 0.3) is 5.91 Å². The van der Waals surface area contributed by atoms with Crippen LogP contribution in [-0.2, 0) is 23.0 Å². The Labute approximate surface area is 153 Å². The number of carbonyl (C=O) groups excluding carboxylic acids is 1. The third-order valence-corrected chi connectivity index (χ3v) is 5.82. The first-order valence-electron chi connectivity index (χ1n) is 8.29. The summed E-state index contributed by atoms with van der Waals surface area (Å²) in [7, 11) is -1.75. The van der Waals surface area contributed by atoms with Crippen LogP contribution in [0.15, 0.2) is 42.5 Å². The highest BCUT2D eigenvalue weighted by molar-refractivity contribution is 7.92. The Morgan fingerprint density at radius 2 is 1.96 bits per heavy atom. The molecule has 0 aromatic heterocycles. The average Bonchev–Trinajstić information content (AvgIpc) is 2.91. The largest absolute Gasteiger partial charge is 0.337 e. The predicted octanol–water partition coefficient (Wildman–Crippen LogP) is 2.81. The van der Waals surface area contributed by atoms with Crippen LogP contribution in [0.2, 0.25) is 0 Å². The summed E-state index contributed by atoms with van der Waals surface area (Å²) in [4.78, 5) is 14.1. The van der Waals surface area contributed by atoms with Gasteiger partial charge in [-0.1, -0.05) is 18.2 Å². The molecule has 1 atom stereocenters. The van der Waals surface area contributed by atoms with E-state index in [0.717, 1.165) is 5.56 Å². The SMILES string of the molecule is C[C@@H]1Cc2cc(C(=O)N(C)Cc3ccccc3F)ccc2N1S(C)(=O)=O. The van der Waals surface area contributed by atoms with Crippen LogP contribution in [0.5, 0.6) is 0 Å². The van der Waals surface area contributed by atoms with Crippen molar-refractivity contribution in [3.05, 3.63) is 65.0 Å². The molecule has 2 aromatic rings. The van der Waals surface area contributed by atoms with Gasteiger partial charge in [0.15, 0.2) is 0 Å². The lowest BCUT2D eigenvalue weighted by Crippen LogP contribution is -2.34. The standard InChI is InChI=1S/C19H21FN2O3S/c1-13-10-16-11-14(8-9-18(16)22(13)26(3,24)25)19(23)21(2)12-15-6-4-5-7-17(15)20/h4-9,11,13H,10,12H2,1-3H3/t13-/m1/s1. The van der Waals surface area contributed by atoms with Crippen LogP contribution in [0.1, 0.15) is 28.4 Å². The molecule has 2 aromatic carbocycles. The Balaban J connectivity index is 1.84. The molecule has 0 spiro atoms. The van der Waals surface area contributed by atoms with Gasteiger partial charge in [0.1, 0.15) is 5.82 Å². The molecule has 0 unspecified atom stereocenters. The van der Waals surface area contributed by atoms with Gasteiger partial charge < -0.3 is 4.90 Å². The summed E-state index contributed by atoms with van der Waals surface area (Å²) in [6.45, 7) is 2.00. The van der Waals surface area contributed by atoms with Crippen LogP contribution in [0.4, 0.5) is 10.1 Å². The van der Waals surface area contributed by atoms with Crippen molar-refractivity contribution >= 4 is 21.6 Å². The van der Waals surface area contributed by atoms with Crippen LogP contribution >= 0.6 is 0 Å². The third kappa shape index (κ3) is 3.44. The molecule has 26 heavy (non-hydrogen) atoms. The van der Waals surface area contributed by atoms with E-state index >= 15 is 0 Å². The summed E-state index contributed by atoms with van der Waals surface area (Å²) in [6.07, 6.45) is 1.74. The maximum atomic E-state index is 13.8. The molecule has 0 aliphatic carbocycles. The van der Waals surface area contributed by atoms with Crippen LogP contribution < -0.4 is 4.31 Å². The summed E-state index contributed by atoms with van der Waals surface area (Å²) in [5.74, 6) is -0.583. The van der Waals surface area contributed by atoms with Crippen molar-refractivity contribution in [1.82, 2.24) is 4.90 Å². The molecule has 0 saturated heterocycles. The van der Waals surface area contributed by atoms with Gasteiger partial charge in [0.05, 0.1) is 11.9 Å². The maximum absolute atomic E-state index is 13.8. The maximum Gasteiger partial charge on any atom is 0.253 e. The van der Waals surface area contributed by atoms with Crippen LogP contribution in [-0.4, -0.2) is 38.6 Å². The molecule has 0 N–H and O–H groups in total. The lowest BCUT2D eigenvalue weighted by Gasteiger charge is -2.22. The van der Waals surface area contributed by atoms with Gasteiger partial charge >= 0.3 is 0 Å². The Hall–Kier alpha value is -2.41. The minimum atomic E-state index is -3.36. The van der Waals surface area contributed by atoms with E-state index < -0.39 is 10.0 Å². The summed E-state index contributed by atoms with van der Waals surface area (Å²) < 4.78 is 39.1. The van der Waals surface area contributed by atoms with Gasteiger partial charge in [0, 0.05) is 30.8 Å². The monoisotopic (exact) mass is 376 g/mol. The number of sulfonamides is 1. The molecular weight excluding hydrogens is 355 g/mol. The normalized spacial score (nSPS) is 16.5. The Kier molecular flexibility index (Phi) is 4.75. The van der Waals surface area contributed by atoms with E-state index in [-0.39, 0.29) is 24.3 Å². The third-order valence-electron chi connectivity index (χ3n) is 4.55. The lowest BCUT2D eigenvalue weighted by molar-refractivity contribution is 0.0784. The molecule has 1 aliphatic rings. The van der Waals surface area contributed by atoms with E-state index in [4.69, 9.17) is 0 Å². The Morgan fingerprint density at radius 1 is 1.27 bits per heavy atom. The molecule has 0 fully saturated rings. The molecule has 0 saturated carbocycles. The van der Waals surface area contributed by atoms with Crippen molar-refractivity contribution in [1.29, 1.82) is 0 Å². The van der Waals surface area contributed by atoms with E-state index in [9.17, 15) is 17.6 Å². The zero-order chi connectivity index (χ0) is 19.1. The molecule has 1 heterocycles. The van der Waals surface area contributed by atoms with Crippen molar-refractivity contribution in [2.45, 2.75) is 25.9 Å². The second-order valence-electron chi connectivity index (χ2n) is 6.71. The smallest absolute Gasteiger partial charge is 0.253 e. The summed E-state index contributed by atoms with van der Waals surface area (Å²) in [5, 5.41) is 0. The first kappa shape index (κ1) is 18.4. The number of anilines is 1. The van der Waals surface area contributed by atoms with Crippen LogP contribution in [0.3, 0.4) is 0 Å². The number of carbonyl (C=O) groups is 1. The summed E-state index contributed by atoms with van der Waals surface area (Å²) in [6, 6.07) is 11.2. The van der Waals surface area contributed by atoms with Gasteiger partial charge in [0.2, 0.25) is 10.0 Å².